The number of nitrogens with zero attached hydrogens (tertiary/aromatic N) is 1. The highest BCUT2D eigenvalue weighted by atomic mass is 16.5. The molecule has 112 valence electrons. The van der Waals surface area contributed by atoms with E-state index >= 15 is 0 Å². The number of rotatable bonds is 7. The van der Waals surface area contributed by atoms with Gasteiger partial charge >= 0.3 is 5.97 Å². The van der Waals surface area contributed by atoms with Gasteiger partial charge in [0.05, 0.1) is 6.61 Å². The fraction of sp³-hybridized carbons (Fsp3) is 0.562. The molecule has 1 atom stereocenters. The lowest BCUT2D eigenvalue weighted by atomic mass is 9.97. The molecule has 20 heavy (non-hydrogen) atoms. The number of carbonyl (C=O) groups is 1. The summed E-state index contributed by atoms with van der Waals surface area (Å²) in [5, 5.41) is 0. The van der Waals surface area contributed by atoms with E-state index in [-0.39, 0.29) is 5.97 Å². The van der Waals surface area contributed by atoms with Crippen molar-refractivity contribution in [1.29, 1.82) is 0 Å². The minimum Gasteiger partial charge on any atom is -0.465 e. The lowest BCUT2D eigenvalue weighted by Crippen LogP contribution is -2.46. The Balaban J connectivity index is 2.48. The van der Waals surface area contributed by atoms with Crippen molar-refractivity contribution >= 4 is 11.7 Å². The minimum atomic E-state index is -0.900. The van der Waals surface area contributed by atoms with Crippen LogP contribution in [-0.4, -0.2) is 31.7 Å². The van der Waals surface area contributed by atoms with Crippen molar-refractivity contribution in [2.24, 2.45) is 5.73 Å². The molecule has 0 spiro atoms. The first-order valence-corrected chi connectivity index (χ1v) is 7.11. The van der Waals surface area contributed by atoms with Crippen LogP contribution >= 0.6 is 0 Å². The molecule has 0 aliphatic carbocycles. The Hall–Kier alpha value is -1.55. The third-order valence-corrected chi connectivity index (χ3v) is 3.46. The molecule has 0 saturated carbocycles. The number of para-hydroxylation sites is 1. The van der Waals surface area contributed by atoms with E-state index in [4.69, 9.17) is 10.5 Å². The molecule has 0 radical (unpaired) electrons. The standard InChI is InChI=1S/C16H26N2O2/c1-5-20-15(19)16(3,17)11-8-12-18(4)14-10-7-6-9-13(14)2/h6-7,9-10H,5,8,11-12,17H2,1-4H3. The minimum absolute atomic E-state index is 0.321. The summed E-state index contributed by atoms with van der Waals surface area (Å²) in [6.07, 6.45) is 1.46. The average Bonchev–Trinajstić information content (AvgIpc) is 2.39. The molecule has 1 aromatic carbocycles. The smallest absolute Gasteiger partial charge is 0.325 e. The SMILES string of the molecule is CCOC(=O)C(C)(N)CCCN(C)c1ccccc1C. The number of nitrogens with two attached hydrogens (primary N) is 1. The van der Waals surface area contributed by atoms with E-state index in [1.165, 1.54) is 11.3 Å². The van der Waals surface area contributed by atoms with Gasteiger partial charge in [0, 0.05) is 19.3 Å². The number of ether oxygens (including phenoxy) is 1. The van der Waals surface area contributed by atoms with Crippen LogP contribution in [0.25, 0.3) is 0 Å². The molecule has 0 fully saturated rings. The molecule has 1 rings (SSSR count). The Labute approximate surface area is 121 Å². The van der Waals surface area contributed by atoms with Crippen LogP contribution in [0.5, 0.6) is 0 Å². The molecule has 2 N–H and O–H groups in total. The van der Waals surface area contributed by atoms with Crippen LogP contribution in [0.3, 0.4) is 0 Å². The molecule has 0 bridgehead atoms. The highest BCUT2D eigenvalue weighted by Gasteiger charge is 2.29. The zero-order valence-corrected chi connectivity index (χ0v) is 13.0. The highest BCUT2D eigenvalue weighted by molar-refractivity contribution is 5.79. The van der Waals surface area contributed by atoms with Gasteiger partial charge in [0.25, 0.3) is 0 Å². The second kappa shape index (κ2) is 7.29. The van der Waals surface area contributed by atoms with Gasteiger partial charge in [0.1, 0.15) is 5.54 Å². The van der Waals surface area contributed by atoms with E-state index in [0.717, 1.165) is 13.0 Å². The van der Waals surface area contributed by atoms with Gasteiger partial charge in [-0.05, 0) is 45.2 Å². The Kier molecular flexibility index (Phi) is 6.02. The fourth-order valence-corrected chi connectivity index (χ4v) is 2.19. The summed E-state index contributed by atoms with van der Waals surface area (Å²) < 4.78 is 4.99. The van der Waals surface area contributed by atoms with Gasteiger partial charge in [-0.2, -0.15) is 0 Å². The first-order valence-electron chi connectivity index (χ1n) is 7.11. The quantitative estimate of drug-likeness (QED) is 0.779. The molecule has 0 heterocycles. The van der Waals surface area contributed by atoms with Crippen LogP contribution in [0.2, 0.25) is 0 Å². The van der Waals surface area contributed by atoms with Crippen molar-refractivity contribution < 1.29 is 9.53 Å². The van der Waals surface area contributed by atoms with Gasteiger partial charge in [-0.25, -0.2) is 0 Å². The molecule has 1 aromatic rings. The van der Waals surface area contributed by atoms with Gasteiger partial charge in [-0.15, -0.1) is 0 Å². The van der Waals surface area contributed by atoms with Crippen LogP contribution in [0.1, 0.15) is 32.3 Å². The van der Waals surface area contributed by atoms with E-state index in [1.54, 1.807) is 13.8 Å². The van der Waals surface area contributed by atoms with Crippen molar-refractivity contribution in [3.05, 3.63) is 29.8 Å². The van der Waals surface area contributed by atoms with Crippen molar-refractivity contribution in [3.63, 3.8) is 0 Å². The molecule has 0 aliphatic heterocycles. The molecular weight excluding hydrogens is 252 g/mol. The monoisotopic (exact) mass is 278 g/mol. The van der Waals surface area contributed by atoms with E-state index < -0.39 is 5.54 Å². The predicted octanol–water partition coefficient (Wildman–Crippen LogP) is 2.49. The molecule has 1 unspecified atom stereocenters. The molecule has 0 aliphatic rings. The van der Waals surface area contributed by atoms with E-state index in [9.17, 15) is 4.79 Å². The third kappa shape index (κ3) is 4.53. The highest BCUT2D eigenvalue weighted by Crippen LogP contribution is 2.19. The van der Waals surface area contributed by atoms with Crippen molar-refractivity contribution in [2.75, 3.05) is 25.1 Å². The van der Waals surface area contributed by atoms with E-state index in [1.807, 2.05) is 12.1 Å². The summed E-state index contributed by atoms with van der Waals surface area (Å²) >= 11 is 0. The van der Waals surface area contributed by atoms with Gasteiger partial charge < -0.3 is 15.4 Å². The Morgan fingerprint density at radius 1 is 1.40 bits per heavy atom. The van der Waals surface area contributed by atoms with Crippen molar-refractivity contribution in [2.45, 2.75) is 39.2 Å². The summed E-state index contributed by atoms with van der Waals surface area (Å²) in [6, 6.07) is 8.26. The van der Waals surface area contributed by atoms with Gasteiger partial charge in [0.2, 0.25) is 0 Å². The van der Waals surface area contributed by atoms with Crippen LogP contribution in [0, 0.1) is 6.92 Å². The number of aryl methyl sites for hydroxylation is 1. The summed E-state index contributed by atoms with van der Waals surface area (Å²) in [4.78, 5) is 13.9. The lowest BCUT2D eigenvalue weighted by Gasteiger charge is -2.25. The summed E-state index contributed by atoms with van der Waals surface area (Å²) in [5.74, 6) is -0.321. The second-order valence-corrected chi connectivity index (χ2v) is 5.45. The van der Waals surface area contributed by atoms with Crippen molar-refractivity contribution in [1.82, 2.24) is 0 Å². The number of hydrogen-bond acceptors (Lipinski definition) is 4. The number of hydrogen-bond donors (Lipinski definition) is 1. The molecule has 0 saturated heterocycles. The normalized spacial score (nSPS) is 13.7. The van der Waals surface area contributed by atoms with E-state index in [0.29, 0.717) is 13.0 Å². The largest absolute Gasteiger partial charge is 0.465 e. The maximum atomic E-state index is 11.7. The van der Waals surface area contributed by atoms with Gasteiger partial charge in [0.15, 0.2) is 0 Å². The summed E-state index contributed by atoms with van der Waals surface area (Å²) in [5.41, 5.74) is 7.56. The summed E-state index contributed by atoms with van der Waals surface area (Å²) in [6.45, 7) is 6.85. The van der Waals surface area contributed by atoms with Crippen LogP contribution in [0.4, 0.5) is 5.69 Å². The molecule has 0 amide bonds. The topological polar surface area (TPSA) is 55.6 Å². The molecule has 4 nitrogen and oxygen atoms in total. The van der Waals surface area contributed by atoms with Crippen LogP contribution < -0.4 is 10.6 Å². The number of esters is 1. The van der Waals surface area contributed by atoms with Crippen LogP contribution in [-0.2, 0) is 9.53 Å². The number of anilines is 1. The molecular formula is C16H26N2O2. The van der Waals surface area contributed by atoms with Crippen molar-refractivity contribution in [3.8, 4) is 0 Å². The van der Waals surface area contributed by atoms with Gasteiger partial charge in [-0.3, -0.25) is 4.79 Å². The Morgan fingerprint density at radius 2 is 2.05 bits per heavy atom. The fourth-order valence-electron chi connectivity index (χ4n) is 2.19. The first-order chi connectivity index (χ1) is 9.38. The lowest BCUT2D eigenvalue weighted by molar-refractivity contribution is -0.149. The summed E-state index contributed by atoms with van der Waals surface area (Å²) in [7, 11) is 2.06. The maximum Gasteiger partial charge on any atom is 0.325 e. The third-order valence-electron chi connectivity index (χ3n) is 3.46. The number of carbonyl (C=O) groups excluding carboxylic acids is 1. The predicted molar refractivity (Wildman–Crippen MR) is 82.9 cm³/mol. The van der Waals surface area contributed by atoms with Crippen LogP contribution in [0.15, 0.2) is 24.3 Å². The molecule has 4 heteroatoms. The van der Waals surface area contributed by atoms with Gasteiger partial charge in [-0.1, -0.05) is 18.2 Å². The van der Waals surface area contributed by atoms with E-state index in [2.05, 4.69) is 31.0 Å². The second-order valence-electron chi connectivity index (χ2n) is 5.45. The first kappa shape index (κ1) is 16.5. The average molecular weight is 278 g/mol. The zero-order valence-electron chi connectivity index (χ0n) is 13.0. The molecule has 0 aromatic heterocycles. The Morgan fingerprint density at radius 3 is 2.65 bits per heavy atom. The maximum absolute atomic E-state index is 11.7. The number of benzene rings is 1. The Bertz CT molecular complexity index is 444. The zero-order chi connectivity index (χ0) is 15.2.